The molecular weight excluding hydrogens is 357 g/mol. The molecule has 0 saturated heterocycles. The zero-order chi connectivity index (χ0) is 18.0. The lowest BCUT2D eigenvalue weighted by molar-refractivity contribution is 0.0915. The average Bonchev–Trinajstić information content (AvgIpc) is 3.03. The molecule has 142 valence electrons. The van der Waals surface area contributed by atoms with Gasteiger partial charge in [0.2, 0.25) is 5.82 Å². The molecule has 1 saturated carbocycles. The number of nitrogens with one attached hydrogen (secondary N) is 1. The first kappa shape index (κ1) is 20.3. The van der Waals surface area contributed by atoms with Gasteiger partial charge in [0.25, 0.3) is 5.91 Å². The van der Waals surface area contributed by atoms with E-state index >= 15 is 0 Å². The van der Waals surface area contributed by atoms with Crippen molar-refractivity contribution in [2.45, 2.75) is 57.5 Å². The van der Waals surface area contributed by atoms with E-state index < -0.39 is 0 Å². The van der Waals surface area contributed by atoms with E-state index in [1.165, 1.54) is 12.1 Å². The number of carbonyl (C=O) groups is 1. The SMILES string of the molecule is CC(C)c1nc(C(=O)NC2CCC(N)CC2)nn1-c1cccc(F)c1.Cl. The standard InChI is InChI=1S/C18H24FN5O.ClH/c1-11(2)17-22-16(18(25)21-14-8-6-13(20)7-9-14)23-24(17)15-5-3-4-12(19)10-15;/h3-5,10-11,13-14H,6-9,20H2,1-2H3,(H,21,25);1H. The van der Waals surface area contributed by atoms with Crippen LogP contribution in [0.1, 0.15) is 61.9 Å². The van der Waals surface area contributed by atoms with Crippen LogP contribution in [0.4, 0.5) is 4.39 Å². The molecule has 2 aromatic rings. The molecule has 26 heavy (non-hydrogen) atoms. The third kappa shape index (κ3) is 4.59. The van der Waals surface area contributed by atoms with Crippen LogP contribution in [0, 0.1) is 5.82 Å². The molecule has 0 aliphatic heterocycles. The van der Waals surface area contributed by atoms with E-state index in [1.807, 2.05) is 13.8 Å². The summed E-state index contributed by atoms with van der Waals surface area (Å²) in [7, 11) is 0. The van der Waals surface area contributed by atoms with E-state index in [-0.39, 0.29) is 48.0 Å². The van der Waals surface area contributed by atoms with Crippen LogP contribution in [0.25, 0.3) is 5.69 Å². The van der Waals surface area contributed by atoms with Crippen molar-refractivity contribution in [3.63, 3.8) is 0 Å². The molecule has 1 aliphatic rings. The number of benzene rings is 1. The van der Waals surface area contributed by atoms with Crippen molar-refractivity contribution < 1.29 is 9.18 Å². The molecule has 0 radical (unpaired) electrons. The third-order valence-electron chi connectivity index (χ3n) is 4.51. The Kier molecular flexibility index (Phi) is 6.72. The zero-order valence-electron chi connectivity index (χ0n) is 15.0. The fourth-order valence-corrected chi connectivity index (χ4v) is 3.11. The Hall–Kier alpha value is -1.99. The largest absolute Gasteiger partial charge is 0.347 e. The first-order valence-corrected chi connectivity index (χ1v) is 8.73. The van der Waals surface area contributed by atoms with Gasteiger partial charge in [-0.2, -0.15) is 0 Å². The maximum atomic E-state index is 13.5. The molecule has 1 aliphatic carbocycles. The van der Waals surface area contributed by atoms with Gasteiger partial charge in [-0.05, 0) is 43.9 Å². The van der Waals surface area contributed by atoms with Gasteiger partial charge in [-0.1, -0.05) is 19.9 Å². The summed E-state index contributed by atoms with van der Waals surface area (Å²) >= 11 is 0. The number of nitrogens with zero attached hydrogens (tertiary/aromatic N) is 3. The molecule has 3 N–H and O–H groups in total. The molecule has 8 heteroatoms. The fraction of sp³-hybridized carbons (Fsp3) is 0.500. The van der Waals surface area contributed by atoms with E-state index in [4.69, 9.17) is 5.73 Å². The third-order valence-corrected chi connectivity index (χ3v) is 4.51. The van der Waals surface area contributed by atoms with Gasteiger partial charge in [-0.25, -0.2) is 14.1 Å². The molecule has 0 spiro atoms. The highest BCUT2D eigenvalue weighted by Crippen LogP contribution is 2.20. The number of amides is 1. The predicted octanol–water partition coefficient (Wildman–Crippen LogP) is 2.95. The van der Waals surface area contributed by atoms with Gasteiger partial charge in [0.05, 0.1) is 5.69 Å². The highest BCUT2D eigenvalue weighted by molar-refractivity contribution is 5.90. The smallest absolute Gasteiger partial charge is 0.291 e. The van der Waals surface area contributed by atoms with E-state index in [9.17, 15) is 9.18 Å². The average molecular weight is 382 g/mol. The van der Waals surface area contributed by atoms with Crippen molar-refractivity contribution in [1.29, 1.82) is 0 Å². The first-order chi connectivity index (χ1) is 11.9. The highest BCUT2D eigenvalue weighted by atomic mass is 35.5. The highest BCUT2D eigenvalue weighted by Gasteiger charge is 2.24. The first-order valence-electron chi connectivity index (χ1n) is 8.73. The monoisotopic (exact) mass is 381 g/mol. The summed E-state index contributed by atoms with van der Waals surface area (Å²) in [6.07, 6.45) is 3.56. The Balaban J connectivity index is 0.00000243. The minimum Gasteiger partial charge on any atom is -0.347 e. The summed E-state index contributed by atoms with van der Waals surface area (Å²) in [4.78, 5) is 16.9. The Bertz CT molecular complexity index is 756. The topological polar surface area (TPSA) is 85.8 Å². The van der Waals surface area contributed by atoms with E-state index in [0.717, 1.165) is 25.7 Å². The van der Waals surface area contributed by atoms with Gasteiger partial charge in [0.1, 0.15) is 11.6 Å². The minimum absolute atomic E-state index is 0. The number of carbonyl (C=O) groups excluding carboxylic acids is 1. The number of rotatable bonds is 4. The second kappa shape index (κ2) is 8.60. The van der Waals surface area contributed by atoms with Crippen LogP contribution >= 0.6 is 12.4 Å². The van der Waals surface area contributed by atoms with Crippen molar-refractivity contribution in [1.82, 2.24) is 20.1 Å². The second-order valence-electron chi connectivity index (χ2n) is 6.93. The Labute approximate surface area is 158 Å². The normalized spacial score (nSPS) is 19.9. The van der Waals surface area contributed by atoms with Crippen LogP contribution in [0.2, 0.25) is 0 Å². The molecule has 1 aromatic heterocycles. The van der Waals surface area contributed by atoms with Gasteiger partial charge >= 0.3 is 0 Å². The molecule has 3 rings (SSSR count). The van der Waals surface area contributed by atoms with E-state index in [1.54, 1.807) is 16.8 Å². The van der Waals surface area contributed by atoms with Crippen molar-refractivity contribution in [3.8, 4) is 5.69 Å². The summed E-state index contributed by atoms with van der Waals surface area (Å²) in [5.41, 5.74) is 6.46. The summed E-state index contributed by atoms with van der Waals surface area (Å²) < 4.78 is 15.1. The minimum atomic E-state index is -0.354. The van der Waals surface area contributed by atoms with Crippen molar-refractivity contribution in [2.75, 3.05) is 0 Å². The maximum absolute atomic E-state index is 13.5. The fourth-order valence-electron chi connectivity index (χ4n) is 3.11. The molecular formula is C18H25ClFN5O. The van der Waals surface area contributed by atoms with Crippen LogP contribution in [-0.4, -0.2) is 32.8 Å². The zero-order valence-corrected chi connectivity index (χ0v) is 15.8. The summed E-state index contributed by atoms with van der Waals surface area (Å²) in [5.74, 6) is 0.138. The van der Waals surface area contributed by atoms with Crippen LogP contribution in [-0.2, 0) is 0 Å². The molecule has 0 atom stereocenters. The molecule has 0 unspecified atom stereocenters. The quantitative estimate of drug-likeness (QED) is 0.852. The lowest BCUT2D eigenvalue weighted by Crippen LogP contribution is -2.40. The van der Waals surface area contributed by atoms with Crippen LogP contribution in [0.15, 0.2) is 24.3 Å². The number of halogens is 2. The van der Waals surface area contributed by atoms with Crippen LogP contribution in [0.5, 0.6) is 0 Å². The molecule has 1 heterocycles. The van der Waals surface area contributed by atoms with Gasteiger partial charge in [0.15, 0.2) is 0 Å². The predicted molar refractivity (Wildman–Crippen MR) is 100 cm³/mol. The van der Waals surface area contributed by atoms with Gasteiger partial charge in [-0.3, -0.25) is 4.79 Å². The van der Waals surface area contributed by atoms with Gasteiger partial charge < -0.3 is 11.1 Å². The van der Waals surface area contributed by atoms with Crippen molar-refractivity contribution in [3.05, 3.63) is 41.7 Å². The van der Waals surface area contributed by atoms with Crippen molar-refractivity contribution >= 4 is 18.3 Å². The molecule has 1 amide bonds. The van der Waals surface area contributed by atoms with Crippen molar-refractivity contribution in [2.24, 2.45) is 5.73 Å². The molecule has 1 aromatic carbocycles. The summed E-state index contributed by atoms with van der Waals surface area (Å²) in [6.45, 7) is 3.92. The lowest BCUT2D eigenvalue weighted by atomic mass is 9.92. The van der Waals surface area contributed by atoms with Gasteiger partial charge in [0, 0.05) is 18.0 Å². The van der Waals surface area contributed by atoms with E-state index in [0.29, 0.717) is 11.5 Å². The number of hydrogen-bond acceptors (Lipinski definition) is 4. The number of aromatic nitrogens is 3. The molecule has 1 fully saturated rings. The Morgan fingerprint density at radius 1 is 1.31 bits per heavy atom. The second-order valence-corrected chi connectivity index (χ2v) is 6.93. The van der Waals surface area contributed by atoms with Crippen LogP contribution < -0.4 is 11.1 Å². The molecule has 0 bridgehead atoms. The maximum Gasteiger partial charge on any atom is 0.291 e. The lowest BCUT2D eigenvalue weighted by Gasteiger charge is -2.26. The number of nitrogens with two attached hydrogens (primary N) is 1. The summed E-state index contributed by atoms with van der Waals surface area (Å²) in [5, 5.41) is 7.32. The Morgan fingerprint density at radius 3 is 2.62 bits per heavy atom. The summed E-state index contributed by atoms with van der Waals surface area (Å²) in [6, 6.07) is 6.44. The van der Waals surface area contributed by atoms with Gasteiger partial charge in [-0.15, -0.1) is 17.5 Å². The Morgan fingerprint density at radius 2 is 2.00 bits per heavy atom. The van der Waals surface area contributed by atoms with E-state index in [2.05, 4.69) is 15.4 Å². The van der Waals surface area contributed by atoms with Crippen LogP contribution in [0.3, 0.4) is 0 Å². The number of hydrogen-bond donors (Lipinski definition) is 2. The molecule has 6 nitrogen and oxygen atoms in total.